The number of hydrogen-bond acceptors (Lipinski definition) is 5. The van der Waals surface area contributed by atoms with Gasteiger partial charge in [-0.2, -0.15) is 0 Å². The van der Waals surface area contributed by atoms with Crippen molar-refractivity contribution in [1.82, 2.24) is 15.2 Å². The molecule has 1 aromatic heterocycles. The van der Waals surface area contributed by atoms with Crippen molar-refractivity contribution < 1.29 is 19.1 Å². The van der Waals surface area contributed by atoms with E-state index in [0.29, 0.717) is 43.1 Å². The first-order chi connectivity index (χ1) is 15.5. The quantitative estimate of drug-likeness (QED) is 0.601. The van der Waals surface area contributed by atoms with E-state index in [1.54, 1.807) is 60.5 Å². The summed E-state index contributed by atoms with van der Waals surface area (Å²) in [5.74, 6) is -0.179. The van der Waals surface area contributed by atoms with E-state index < -0.39 is 5.91 Å². The molecule has 0 bridgehead atoms. The van der Waals surface area contributed by atoms with Gasteiger partial charge in [0.2, 0.25) is 0 Å². The maximum absolute atomic E-state index is 13.2. The molecule has 8 heteroatoms. The Hall–Kier alpha value is -3.91. The lowest BCUT2D eigenvalue weighted by Crippen LogP contribution is -2.44. The zero-order valence-corrected chi connectivity index (χ0v) is 17.6. The van der Waals surface area contributed by atoms with Crippen LogP contribution in [-0.4, -0.2) is 55.1 Å². The minimum absolute atomic E-state index is 0.0270. The zero-order chi connectivity index (χ0) is 22.5. The molecule has 2 N–H and O–H groups in total. The molecular formula is C24H23N3O5. The molecule has 1 fully saturated rings. The summed E-state index contributed by atoms with van der Waals surface area (Å²) in [6, 6.07) is 15.6. The molecule has 1 aliphatic heterocycles. The molecule has 2 amide bonds. The van der Waals surface area contributed by atoms with Crippen LogP contribution in [0, 0.1) is 0 Å². The first-order valence-corrected chi connectivity index (χ1v) is 10.2. The lowest BCUT2D eigenvalue weighted by Gasteiger charge is -2.27. The maximum atomic E-state index is 13.2. The number of aromatic nitrogens is 1. The summed E-state index contributed by atoms with van der Waals surface area (Å²) >= 11 is 0. The Kier molecular flexibility index (Phi) is 6.32. The number of aromatic amines is 1. The monoisotopic (exact) mass is 433 g/mol. The fraction of sp³-hybridized carbons (Fsp3) is 0.208. The Bertz CT molecular complexity index is 1230. The second-order valence-electron chi connectivity index (χ2n) is 7.29. The fourth-order valence-electron chi connectivity index (χ4n) is 3.46. The third-order valence-electron chi connectivity index (χ3n) is 5.19. The van der Waals surface area contributed by atoms with E-state index in [2.05, 4.69) is 10.3 Å². The van der Waals surface area contributed by atoms with Gasteiger partial charge in [-0.15, -0.1) is 0 Å². The lowest BCUT2D eigenvalue weighted by atomic mass is 10.1. The van der Waals surface area contributed by atoms with Gasteiger partial charge in [0.15, 0.2) is 0 Å². The number of amides is 2. The van der Waals surface area contributed by atoms with E-state index in [0.717, 1.165) is 5.39 Å². The lowest BCUT2D eigenvalue weighted by molar-refractivity contribution is -0.131. The summed E-state index contributed by atoms with van der Waals surface area (Å²) in [4.78, 5) is 43.1. The van der Waals surface area contributed by atoms with Crippen LogP contribution in [0.3, 0.4) is 0 Å². The van der Waals surface area contributed by atoms with Gasteiger partial charge in [-0.25, -0.2) is 0 Å². The van der Waals surface area contributed by atoms with Gasteiger partial charge in [0.25, 0.3) is 17.4 Å². The second-order valence-corrected chi connectivity index (χ2v) is 7.29. The van der Waals surface area contributed by atoms with E-state index in [-0.39, 0.29) is 22.7 Å². The van der Waals surface area contributed by atoms with Crippen molar-refractivity contribution in [2.75, 3.05) is 33.4 Å². The van der Waals surface area contributed by atoms with Gasteiger partial charge in [0.05, 0.1) is 25.8 Å². The normalized spacial score (nSPS) is 14.3. The molecule has 0 saturated carbocycles. The van der Waals surface area contributed by atoms with Gasteiger partial charge >= 0.3 is 0 Å². The molecule has 1 aliphatic rings. The van der Waals surface area contributed by atoms with Crippen LogP contribution in [0.5, 0.6) is 5.75 Å². The Labute approximate surface area is 184 Å². The number of H-pyrrole nitrogens is 1. The van der Waals surface area contributed by atoms with Crippen molar-refractivity contribution in [3.8, 4) is 5.75 Å². The standard InChI is InChI=1S/C24H23N3O5/c1-31-19-8-7-17-13-18(23(29)25-20(17)15-19)14-21(24(30)27-9-11-32-12-10-27)26-22(28)16-5-3-2-4-6-16/h2-8,13-15H,9-12H2,1H3,(H,25,29)(H,26,28). The highest BCUT2D eigenvalue weighted by Gasteiger charge is 2.23. The van der Waals surface area contributed by atoms with Crippen LogP contribution >= 0.6 is 0 Å². The number of nitrogens with zero attached hydrogens (tertiary/aromatic N) is 1. The van der Waals surface area contributed by atoms with Crippen LogP contribution in [0.1, 0.15) is 15.9 Å². The van der Waals surface area contributed by atoms with Crippen molar-refractivity contribution in [3.05, 3.63) is 81.8 Å². The number of carbonyl (C=O) groups is 2. The summed E-state index contributed by atoms with van der Waals surface area (Å²) in [5, 5.41) is 3.46. The smallest absolute Gasteiger partial charge is 0.270 e. The predicted octanol–water partition coefficient (Wildman–Crippen LogP) is 2.17. The Morgan fingerprint density at radius 1 is 1.09 bits per heavy atom. The van der Waals surface area contributed by atoms with Crippen LogP contribution in [0.15, 0.2) is 65.1 Å². The molecule has 2 aromatic carbocycles. The number of benzene rings is 2. The number of hydrogen-bond donors (Lipinski definition) is 2. The number of morpholine rings is 1. The molecule has 0 unspecified atom stereocenters. The molecule has 0 spiro atoms. The van der Waals surface area contributed by atoms with Gasteiger partial charge < -0.3 is 24.7 Å². The number of carbonyl (C=O) groups excluding carboxylic acids is 2. The highest BCUT2D eigenvalue weighted by molar-refractivity contribution is 6.05. The summed E-state index contributed by atoms with van der Waals surface area (Å²) in [7, 11) is 1.55. The molecule has 164 valence electrons. The van der Waals surface area contributed by atoms with E-state index in [4.69, 9.17) is 9.47 Å². The van der Waals surface area contributed by atoms with Crippen LogP contribution in [0.2, 0.25) is 0 Å². The minimum atomic E-state index is -0.430. The number of fused-ring (bicyclic) bond motifs is 1. The second kappa shape index (κ2) is 9.49. The largest absolute Gasteiger partial charge is 0.497 e. The molecule has 1 saturated heterocycles. The molecule has 32 heavy (non-hydrogen) atoms. The summed E-state index contributed by atoms with van der Waals surface area (Å²) in [6.45, 7) is 1.66. The first-order valence-electron chi connectivity index (χ1n) is 10.2. The highest BCUT2D eigenvalue weighted by atomic mass is 16.5. The summed E-state index contributed by atoms with van der Waals surface area (Å²) in [5.41, 5.74) is 0.923. The van der Waals surface area contributed by atoms with E-state index in [9.17, 15) is 14.4 Å². The SMILES string of the molecule is COc1ccc2cc(C=C(NC(=O)c3ccccc3)C(=O)N3CCOCC3)c(=O)[nH]c2c1. The van der Waals surface area contributed by atoms with Crippen LogP contribution in [0.25, 0.3) is 17.0 Å². The topological polar surface area (TPSA) is 101 Å². The Morgan fingerprint density at radius 3 is 2.56 bits per heavy atom. The van der Waals surface area contributed by atoms with Crippen LogP contribution < -0.4 is 15.6 Å². The number of ether oxygens (including phenoxy) is 2. The molecule has 0 atom stereocenters. The molecule has 2 heterocycles. The van der Waals surface area contributed by atoms with Crippen molar-refractivity contribution in [1.29, 1.82) is 0 Å². The molecule has 0 aliphatic carbocycles. The average Bonchev–Trinajstić information content (AvgIpc) is 2.84. The number of pyridine rings is 1. The van der Waals surface area contributed by atoms with Crippen LogP contribution in [-0.2, 0) is 9.53 Å². The number of methoxy groups -OCH3 is 1. The minimum Gasteiger partial charge on any atom is -0.497 e. The molecular weight excluding hydrogens is 410 g/mol. The molecule has 4 rings (SSSR count). The van der Waals surface area contributed by atoms with Gasteiger partial charge in [0, 0.05) is 30.3 Å². The van der Waals surface area contributed by atoms with Gasteiger partial charge in [-0.3, -0.25) is 14.4 Å². The maximum Gasteiger partial charge on any atom is 0.270 e. The van der Waals surface area contributed by atoms with Gasteiger partial charge in [0.1, 0.15) is 11.4 Å². The Balaban J connectivity index is 1.72. The summed E-state index contributed by atoms with van der Waals surface area (Å²) < 4.78 is 10.5. The third-order valence-corrected chi connectivity index (χ3v) is 5.19. The van der Waals surface area contributed by atoms with Crippen molar-refractivity contribution >= 4 is 28.8 Å². The van der Waals surface area contributed by atoms with E-state index in [1.807, 2.05) is 6.07 Å². The van der Waals surface area contributed by atoms with Crippen molar-refractivity contribution in [2.24, 2.45) is 0 Å². The summed E-state index contributed by atoms with van der Waals surface area (Å²) in [6.07, 6.45) is 1.42. The van der Waals surface area contributed by atoms with Crippen molar-refractivity contribution in [2.45, 2.75) is 0 Å². The van der Waals surface area contributed by atoms with E-state index >= 15 is 0 Å². The van der Waals surface area contributed by atoms with E-state index in [1.165, 1.54) is 6.08 Å². The van der Waals surface area contributed by atoms with Crippen molar-refractivity contribution in [3.63, 3.8) is 0 Å². The molecule has 8 nitrogen and oxygen atoms in total. The predicted molar refractivity (Wildman–Crippen MR) is 120 cm³/mol. The highest BCUT2D eigenvalue weighted by Crippen LogP contribution is 2.19. The average molecular weight is 433 g/mol. The number of rotatable bonds is 5. The first kappa shape index (κ1) is 21.3. The molecule has 0 radical (unpaired) electrons. The Morgan fingerprint density at radius 2 is 1.84 bits per heavy atom. The fourth-order valence-corrected chi connectivity index (χ4v) is 3.46. The van der Waals surface area contributed by atoms with Crippen LogP contribution in [0.4, 0.5) is 0 Å². The van der Waals surface area contributed by atoms with Gasteiger partial charge in [-0.05, 0) is 41.8 Å². The van der Waals surface area contributed by atoms with Gasteiger partial charge in [-0.1, -0.05) is 18.2 Å². The molecule has 3 aromatic rings. The third kappa shape index (κ3) is 4.70. The number of nitrogens with one attached hydrogen (secondary N) is 2. The zero-order valence-electron chi connectivity index (χ0n) is 17.6.